The molecule has 3 N–H and O–H groups in total. The fraction of sp³-hybridized carbons (Fsp3) is 0.300. The molecular weight excluding hydrogens is 465 g/mol. The fourth-order valence-electron chi connectivity index (χ4n) is 3.02. The Morgan fingerprint density at radius 1 is 1.25 bits per heavy atom. The number of alkyl halides is 3. The predicted octanol–water partition coefficient (Wildman–Crippen LogP) is 4.23. The first-order valence-corrected chi connectivity index (χ1v) is 12.0. The Bertz CT molecular complexity index is 1260. The Balaban J connectivity index is 1.84. The Morgan fingerprint density at radius 2 is 1.97 bits per heavy atom. The molecule has 0 bridgehead atoms. The molecule has 1 heterocycles. The van der Waals surface area contributed by atoms with Gasteiger partial charge in [-0.3, -0.25) is 4.79 Å². The van der Waals surface area contributed by atoms with Crippen molar-refractivity contribution in [1.82, 2.24) is 9.55 Å². The number of halogens is 3. The van der Waals surface area contributed by atoms with Crippen LogP contribution in [-0.4, -0.2) is 29.1 Å². The Kier molecular flexibility index (Phi) is 6.86. The molecular formula is C20H21F3N4O3S2. The van der Waals surface area contributed by atoms with Gasteiger partial charge in [0, 0.05) is 12.2 Å². The summed E-state index contributed by atoms with van der Waals surface area (Å²) in [6.07, 6.45) is -3.75. The van der Waals surface area contributed by atoms with E-state index in [4.69, 9.17) is 5.14 Å². The van der Waals surface area contributed by atoms with Crippen molar-refractivity contribution in [1.29, 1.82) is 0 Å². The lowest BCUT2D eigenvalue weighted by molar-refractivity contribution is -0.137. The summed E-state index contributed by atoms with van der Waals surface area (Å²) in [5.74, 6) is -0.491. The Hall–Kier alpha value is -2.57. The van der Waals surface area contributed by atoms with Crippen LogP contribution in [0.5, 0.6) is 0 Å². The number of anilines is 1. The molecule has 0 saturated carbocycles. The molecule has 32 heavy (non-hydrogen) atoms. The number of nitrogens with one attached hydrogen (secondary N) is 1. The van der Waals surface area contributed by atoms with Gasteiger partial charge in [0.25, 0.3) is 0 Å². The maximum absolute atomic E-state index is 12.9. The highest BCUT2D eigenvalue weighted by Gasteiger charge is 2.30. The van der Waals surface area contributed by atoms with Crippen LogP contribution in [0.15, 0.2) is 52.5 Å². The van der Waals surface area contributed by atoms with E-state index in [9.17, 15) is 26.4 Å². The first-order chi connectivity index (χ1) is 14.9. The monoisotopic (exact) mass is 486 g/mol. The van der Waals surface area contributed by atoms with Crippen molar-refractivity contribution in [3.8, 4) is 0 Å². The summed E-state index contributed by atoms with van der Waals surface area (Å²) in [4.78, 5) is 17.0. The van der Waals surface area contributed by atoms with Gasteiger partial charge >= 0.3 is 6.18 Å². The molecule has 1 aromatic heterocycles. The second-order valence-electron chi connectivity index (χ2n) is 7.07. The van der Waals surface area contributed by atoms with E-state index in [-0.39, 0.29) is 10.6 Å². The van der Waals surface area contributed by atoms with Crippen LogP contribution in [0.1, 0.15) is 25.8 Å². The van der Waals surface area contributed by atoms with E-state index < -0.39 is 32.9 Å². The van der Waals surface area contributed by atoms with Crippen LogP contribution in [0.2, 0.25) is 0 Å². The number of rotatable bonds is 7. The van der Waals surface area contributed by atoms with Crippen molar-refractivity contribution < 1.29 is 26.4 Å². The summed E-state index contributed by atoms with van der Waals surface area (Å²) in [5.41, 5.74) is 0.285. The normalized spacial score (nSPS) is 13.3. The number of benzene rings is 2. The number of carbonyl (C=O) groups is 1. The van der Waals surface area contributed by atoms with Gasteiger partial charge in [-0.05, 0) is 49.7 Å². The van der Waals surface area contributed by atoms with Crippen LogP contribution in [0.3, 0.4) is 0 Å². The number of nitrogens with zero attached hydrogens (tertiary/aromatic N) is 2. The minimum Gasteiger partial charge on any atom is -0.325 e. The lowest BCUT2D eigenvalue weighted by Crippen LogP contribution is -2.23. The highest BCUT2D eigenvalue weighted by molar-refractivity contribution is 8.00. The fourth-order valence-corrected chi connectivity index (χ4v) is 4.51. The summed E-state index contributed by atoms with van der Waals surface area (Å²) >= 11 is 1.12. The SMILES string of the molecule is CCCn1c(SC(C)C(=O)Nc2cccc(C(F)(F)F)c2)nc2cc(S(N)(=O)=O)ccc21. The maximum Gasteiger partial charge on any atom is 0.416 e. The predicted molar refractivity (Wildman–Crippen MR) is 117 cm³/mol. The minimum absolute atomic E-state index is 0.0390. The molecule has 0 spiro atoms. The molecule has 12 heteroatoms. The number of aryl methyl sites for hydroxylation is 1. The molecule has 3 rings (SSSR count). The molecule has 0 radical (unpaired) electrons. The topological polar surface area (TPSA) is 107 Å². The molecule has 2 aromatic carbocycles. The summed E-state index contributed by atoms with van der Waals surface area (Å²) in [7, 11) is -3.90. The van der Waals surface area contributed by atoms with Crippen LogP contribution in [0.25, 0.3) is 11.0 Å². The van der Waals surface area contributed by atoms with Gasteiger partial charge in [-0.2, -0.15) is 13.2 Å². The van der Waals surface area contributed by atoms with Crippen LogP contribution in [0, 0.1) is 0 Å². The van der Waals surface area contributed by atoms with Gasteiger partial charge in [0.2, 0.25) is 15.9 Å². The molecule has 172 valence electrons. The number of primary sulfonamides is 1. The smallest absolute Gasteiger partial charge is 0.325 e. The summed E-state index contributed by atoms with van der Waals surface area (Å²) in [6, 6.07) is 8.77. The van der Waals surface area contributed by atoms with Crippen molar-refractivity contribution in [3.63, 3.8) is 0 Å². The van der Waals surface area contributed by atoms with E-state index in [2.05, 4.69) is 10.3 Å². The number of hydrogen-bond donors (Lipinski definition) is 2. The lowest BCUT2D eigenvalue weighted by atomic mass is 10.2. The number of nitrogens with two attached hydrogens (primary N) is 1. The zero-order valence-corrected chi connectivity index (χ0v) is 18.8. The van der Waals surface area contributed by atoms with Gasteiger partial charge < -0.3 is 9.88 Å². The molecule has 0 aliphatic heterocycles. The molecule has 0 aliphatic rings. The van der Waals surface area contributed by atoms with E-state index in [1.807, 2.05) is 11.5 Å². The van der Waals surface area contributed by atoms with Gasteiger partial charge in [-0.1, -0.05) is 24.8 Å². The van der Waals surface area contributed by atoms with E-state index >= 15 is 0 Å². The van der Waals surface area contributed by atoms with Gasteiger partial charge in [-0.15, -0.1) is 0 Å². The van der Waals surface area contributed by atoms with E-state index in [0.717, 1.165) is 30.3 Å². The third-order valence-corrected chi connectivity index (χ3v) is 6.57. The number of hydrogen-bond acceptors (Lipinski definition) is 5. The third kappa shape index (κ3) is 5.43. The average Bonchev–Trinajstić information content (AvgIpc) is 3.03. The van der Waals surface area contributed by atoms with Gasteiger partial charge in [-0.25, -0.2) is 18.5 Å². The Morgan fingerprint density at radius 3 is 2.59 bits per heavy atom. The number of fused-ring (bicyclic) bond motifs is 1. The minimum atomic E-state index is -4.51. The van der Waals surface area contributed by atoms with E-state index in [1.54, 1.807) is 13.0 Å². The average molecular weight is 487 g/mol. The highest BCUT2D eigenvalue weighted by atomic mass is 32.2. The summed E-state index contributed by atoms with van der Waals surface area (Å²) in [6.45, 7) is 4.15. The van der Waals surface area contributed by atoms with Crippen molar-refractivity contribution in [2.75, 3.05) is 5.32 Å². The van der Waals surface area contributed by atoms with E-state index in [0.29, 0.717) is 22.7 Å². The molecule has 1 unspecified atom stereocenters. The number of sulfonamides is 1. The number of amides is 1. The maximum atomic E-state index is 12.9. The summed E-state index contributed by atoms with van der Waals surface area (Å²) in [5, 5.41) is 7.49. The second kappa shape index (κ2) is 9.12. The lowest BCUT2D eigenvalue weighted by Gasteiger charge is -2.14. The van der Waals surface area contributed by atoms with Gasteiger partial charge in [0.1, 0.15) is 0 Å². The number of thioether (sulfide) groups is 1. The second-order valence-corrected chi connectivity index (χ2v) is 9.94. The zero-order valence-electron chi connectivity index (χ0n) is 17.2. The van der Waals surface area contributed by atoms with Crippen LogP contribution < -0.4 is 10.5 Å². The standard InChI is InChI=1S/C20H21F3N4O3S2/c1-3-9-27-17-8-7-15(32(24,29)30)11-16(17)26-19(27)31-12(2)18(28)25-14-6-4-5-13(10-14)20(21,22)23/h4-8,10-12H,3,9H2,1-2H3,(H,25,28)(H2,24,29,30). The van der Waals surface area contributed by atoms with Crippen LogP contribution >= 0.6 is 11.8 Å². The Labute approximate surface area is 187 Å². The molecule has 0 aliphatic carbocycles. The number of imidazole rings is 1. The number of carbonyl (C=O) groups excluding carboxylic acids is 1. The summed E-state index contributed by atoms with van der Waals surface area (Å²) < 4.78 is 63.8. The largest absolute Gasteiger partial charge is 0.416 e. The third-order valence-electron chi connectivity index (χ3n) is 4.57. The van der Waals surface area contributed by atoms with E-state index in [1.165, 1.54) is 24.3 Å². The van der Waals surface area contributed by atoms with Crippen LogP contribution in [-0.2, 0) is 27.5 Å². The van der Waals surface area contributed by atoms with Crippen LogP contribution in [0.4, 0.5) is 18.9 Å². The first kappa shape index (κ1) is 24.1. The zero-order chi connectivity index (χ0) is 23.7. The molecule has 3 aromatic rings. The van der Waals surface area contributed by atoms with Gasteiger partial charge in [0.05, 0.1) is 26.7 Å². The molecule has 7 nitrogen and oxygen atoms in total. The van der Waals surface area contributed by atoms with Crippen molar-refractivity contribution in [2.45, 2.75) is 48.3 Å². The molecule has 0 fully saturated rings. The highest BCUT2D eigenvalue weighted by Crippen LogP contribution is 2.32. The molecule has 1 atom stereocenters. The number of aromatic nitrogens is 2. The van der Waals surface area contributed by atoms with Crippen molar-refractivity contribution in [3.05, 3.63) is 48.0 Å². The van der Waals surface area contributed by atoms with Crippen molar-refractivity contribution >= 4 is 44.4 Å². The van der Waals surface area contributed by atoms with Crippen molar-refractivity contribution in [2.24, 2.45) is 5.14 Å². The molecule has 1 amide bonds. The van der Waals surface area contributed by atoms with Gasteiger partial charge in [0.15, 0.2) is 5.16 Å². The quantitative estimate of drug-likeness (QED) is 0.486. The molecule has 0 saturated heterocycles. The first-order valence-electron chi connectivity index (χ1n) is 9.58.